The molecule has 4 rings (SSSR count). The Morgan fingerprint density at radius 3 is 2.79 bits per heavy atom. The lowest BCUT2D eigenvalue weighted by molar-refractivity contribution is -0.141. The van der Waals surface area contributed by atoms with Crippen LogP contribution >= 0.6 is 0 Å². The average Bonchev–Trinajstić information content (AvgIpc) is 3.51. The first-order chi connectivity index (χ1) is 15.8. The Morgan fingerprint density at radius 2 is 2.09 bits per heavy atom. The minimum atomic E-state index is -1.35. The molecule has 3 aromatic heterocycles. The standard InChI is InChI=1S/C18H22N8O7/c1-2-32-10(28)4-20-16(31)8-3-22-26(5-8)18-23-14(19)11-15(24-18)25(7-21-11)17-13(30)12(29)9(6-27)33-17/h3,5,7,9,12-13,17,27,29-30H,2,4,6H2,1H3,(H,20,31)(H2,19,23,24)/t9?,12-,13-,17-/m1/s1. The third-order valence-electron chi connectivity index (χ3n) is 4.98. The second-order valence-electron chi connectivity index (χ2n) is 7.12. The summed E-state index contributed by atoms with van der Waals surface area (Å²) in [6.45, 7) is 1.08. The van der Waals surface area contributed by atoms with Gasteiger partial charge < -0.3 is 35.8 Å². The summed E-state index contributed by atoms with van der Waals surface area (Å²) in [7, 11) is 0. The Hall–Kier alpha value is -3.66. The van der Waals surface area contributed by atoms with Crippen molar-refractivity contribution in [1.82, 2.24) is 34.6 Å². The fourth-order valence-corrected chi connectivity index (χ4v) is 3.34. The smallest absolute Gasteiger partial charge is 0.325 e. The van der Waals surface area contributed by atoms with Crippen LogP contribution in [0.1, 0.15) is 23.5 Å². The van der Waals surface area contributed by atoms with Gasteiger partial charge in [0.05, 0.1) is 31.3 Å². The summed E-state index contributed by atoms with van der Waals surface area (Å²) in [5, 5.41) is 36.2. The number of esters is 1. The van der Waals surface area contributed by atoms with E-state index in [2.05, 4.69) is 25.4 Å². The fourth-order valence-electron chi connectivity index (χ4n) is 3.34. The Morgan fingerprint density at radius 1 is 1.30 bits per heavy atom. The van der Waals surface area contributed by atoms with Gasteiger partial charge in [0.25, 0.3) is 11.9 Å². The van der Waals surface area contributed by atoms with Gasteiger partial charge in [-0.05, 0) is 6.92 Å². The van der Waals surface area contributed by atoms with E-state index >= 15 is 0 Å². The molecule has 0 radical (unpaired) electrons. The highest BCUT2D eigenvalue weighted by molar-refractivity contribution is 5.95. The van der Waals surface area contributed by atoms with E-state index in [1.165, 1.54) is 28.0 Å². The van der Waals surface area contributed by atoms with Crippen LogP contribution in [0.4, 0.5) is 5.82 Å². The van der Waals surface area contributed by atoms with Gasteiger partial charge in [0.2, 0.25) is 0 Å². The quantitative estimate of drug-likeness (QED) is 0.230. The summed E-state index contributed by atoms with van der Waals surface area (Å²) >= 11 is 0. The SMILES string of the molecule is CCOC(=O)CNC(=O)c1cnn(-c2nc(N)c3ncn([C@@H]4OC(CO)[C@@H](O)[C@H]4O)c3n2)c1. The van der Waals surface area contributed by atoms with E-state index in [9.17, 15) is 24.9 Å². The first kappa shape index (κ1) is 22.5. The number of carbonyl (C=O) groups is 2. The first-order valence-electron chi connectivity index (χ1n) is 9.95. The molecule has 1 fully saturated rings. The molecule has 0 spiro atoms. The van der Waals surface area contributed by atoms with E-state index < -0.39 is 43.0 Å². The predicted molar refractivity (Wildman–Crippen MR) is 109 cm³/mol. The van der Waals surface area contributed by atoms with Crippen LogP contribution in [-0.4, -0.2) is 94.6 Å². The molecule has 15 heteroatoms. The highest BCUT2D eigenvalue weighted by Gasteiger charge is 2.44. The van der Waals surface area contributed by atoms with Crippen molar-refractivity contribution < 1.29 is 34.4 Å². The van der Waals surface area contributed by atoms with Gasteiger partial charge in [-0.1, -0.05) is 0 Å². The zero-order chi connectivity index (χ0) is 23.7. The van der Waals surface area contributed by atoms with Gasteiger partial charge in [-0.25, -0.2) is 9.67 Å². The van der Waals surface area contributed by atoms with Crippen molar-refractivity contribution in [1.29, 1.82) is 0 Å². The van der Waals surface area contributed by atoms with Crippen LogP contribution in [0.15, 0.2) is 18.7 Å². The zero-order valence-electron chi connectivity index (χ0n) is 17.4. The molecular weight excluding hydrogens is 440 g/mol. The molecular formula is C18H22N8O7. The number of amides is 1. The van der Waals surface area contributed by atoms with Crippen LogP contribution in [0.5, 0.6) is 0 Å². The topological polar surface area (TPSA) is 213 Å². The van der Waals surface area contributed by atoms with Crippen molar-refractivity contribution >= 4 is 28.9 Å². The van der Waals surface area contributed by atoms with E-state index in [1.807, 2.05) is 0 Å². The van der Waals surface area contributed by atoms with Crippen molar-refractivity contribution in [2.45, 2.75) is 31.5 Å². The number of nitrogens with zero attached hydrogens (tertiary/aromatic N) is 6. The number of fused-ring (bicyclic) bond motifs is 1. The van der Waals surface area contributed by atoms with Crippen molar-refractivity contribution in [2.75, 3.05) is 25.5 Å². The molecule has 1 unspecified atom stereocenters. The molecule has 0 saturated carbocycles. The van der Waals surface area contributed by atoms with Crippen LogP contribution in [0.3, 0.4) is 0 Å². The Balaban J connectivity index is 1.60. The van der Waals surface area contributed by atoms with E-state index in [1.54, 1.807) is 6.92 Å². The number of hydrogen-bond acceptors (Lipinski definition) is 12. The van der Waals surface area contributed by atoms with Crippen molar-refractivity contribution in [2.24, 2.45) is 0 Å². The molecule has 4 atom stereocenters. The van der Waals surface area contributed by atoms with Gasteiger partial charge in [-0.3, -0.25) is 14.2 Å². The maximum absolute atomic E-state index is 12.2. The van der Waals surface area contributed by atoms with E-state index in [0.717, 1.165) is 0 Å². The lowest BCUT2D eigenvalue weighted by atomic mass is 10.1. The molecule has 1 aliphatic rings. The molecule has 1 aliphatic heterocycles. The fraction of sp³-hybridized carbons (Fsp3) is 0.444. The number of aromatic nitrogens is 6. The second kappa shape index (κ2) is 9.07. The lowest BCUT2D eigenvalue weighted by Gasteiger charge is -2.16. The number of hydrogen-bond donors (Lipinski definition) is 5. The van der Waals surface area contributed by atoms with Crippen molar-refractivity contribution in [3.63, 3.8) is 0 Å². The number of nitrogens with two attached hydrogens (primary N) is 1. The van der Waals surface area contributed by atoms with E-state index in [-0.39, 0.29) is 41.6 Å². The molecule has 0 aromatic carbocycles. The van der Waals surface area contributed by atoms with Gasteiger partial charge in [-0.2, -0.15) is 15.1 Å². The maximum Gasteiger partial charge on any atom is 0.325 e. The van der Waals surface area contributed by atoms with Gasteiger partial charge >= 0.3 is 5.97 Å². The maximum atomic E-state index is 12.2. The molecule has 0 bridgehead atoms. The highest BCUT2D eigenvalue weighted by Crippen LogP contribution is 2.32. The van der Waals surface area contributed by atoms with Gasteiger partial charge in [0, 0.05) is 6.20 Å². The van der Waals surface area contributed by atoms with Gasteiger partial charge in [0.15, 0.2) is 17.7 Å². The molecule has 33 heavy (non-hydrogen) atoms. The third-order valence-corrected chi connectivity index (χ3v) is 4.98. The number of nitrogens with one attached hydrogen (secondary N) is 1. The largest absolute Gasteiger partial charge is 0.465 e. The summed E-state index contributed by atoms with van der Waals surface area (Å²) in [6, 6.07) is 0. The minimum Gasteiger partial charge on any atom is -0.465 e. The summed E-state index contributed by atoms with van der Waals surface area (Å²) < 4.78 is 12.8. The first-order valence-corrected chi connectivity index (χ1v) is 9.95. The van der Waals surface area contributed by atoms with Crippen LogP contribution in [0.25, 0.3) is 17.1 Å². The average molecular weight is 462 g/mol. The number of aliphatic hydroxyl groups is 3. The van der Waals surface area contributed by atoms with E-state index in [4.69, 9.17) is 15.2 Å². The molecule has 15 nitrogen and oxygen atoms in total. The molecule has 1 saturated heterocycles. The number of nitrogen functional groups attached to an aromatic ring is 1. The molecule has 1 amide bonds. The Bertz CT molecular complexity index is 1180. The summed E-state index contributed by atoms with van der Waals surface area (Å²) in [5.41, 5.74) is 6.54. The van der Waals surface area contributed by atoms with E-state index in [0.29, 0.717) is 0 Å². The summed E-state index contributed by atoms with van der Waals surface area (Å²) in [4.78, 5) is 36.3. The number of rotatable bonds is 7. The third kappa shape index (κ3) is 4.21. The zero-order valence-corrected chi connectivity index (χ0v) is 17.4. The molecule has 0 aliphatic carbocycles. The van der Waals surface area contributed by atoms with Crippen molar-refractivity contribution in [3.8, 4) is 5.95 Å². The van der Waals surface area contributed by atoms with Crippen LogP contribution in [0.2, 0.25) is 0 Å². The Labute approximate surface area is 185 Å². The predicted octanol–water partition coefficient (Wildman–Crippen LogP) is -2.50. The molecule has 4 heterocycles. The number of anilines is 1. The van der Waals surface area contributed by atoms with Crippen LogP contribution < -0.4 is 11.1 Å². The normalized spacial score (nSPS) is 22.5. The van der Waals surface area contributed by atoms with Crippen LogP contribution in [-0.2, 0) is 14.3 Å². The number of aliphatic hydroxyl groups excluding tert-OH is 3. The number of ether oxygens (including phenoxy) is 2. The lowest BCUT2D eigenvalue weighted by Crippen LogP contribution is -2.33. The minimum absolute atomic E-state index is 0.00191. The highest BCUT2D eigenvalue weighted by atomic mass is 16.6. The summed E-state index contributed by atoms with van der Waals surface area (Å²) in [6.07, 6.45) is -0.801. The molecule has 6 N–H and O–H groups in total. The monoisotopic (exact) mass is 462 g/mol. The Kier molecular flexibility index (Phi) is 6.19. The van der Waals surface area contributed by atoms with Crippen molar-refractivity contribution in [3.05, 3.63) is 24.3 Å². The van der Waals surface area contributed by atoms with Gasteiger partial charge in [-0.15, -0.1) is 0 Å². The molecule has 3 aromatic rings. The number of carbonyl (C=O) groups excluding carboxylic acids is 2. The number of imidazole rings is 1. The van der Waals surface area contributed by atoms with Gasteiger partial charge in [0.1, 0.15) is 30.4 Å². The summed E-state index contributed by atoms with van der Waals surface area (Å²) in [5.74, 6) is -1.12. The second-order valence-corrected chi connectivity index (χ2v) is 7.12. The molecule has 176 valence electrons. The van der Waals surface area contributed by atoms with Crippen LogP contribution in [0, 0.1) is 0 Å².